The number of fused-ring (bicyclic) bond motifs is 2. The van der Waals surface area contributed by atoms with Gasteiger partial charge in [-0.3, -0.25) is 25.3 Å². The minimum absolute atomic E-state index is 0.107. The van der Waals surface area contributed by atoms with Crippen LogP contribution < -0.4 is 26.7 Å². The number of hydrogen-bond donors (Lipinski definition) is 6. The van der Waals surface area contributed by atoms with E-state index in [9.17, 15) is 14.7 Å². The Kier molecular flexibility index (Phi) is 10.9. The van der Waals surface area contributed by atoms with Crippen LogP contribution in [0.1, 0.15) is 61.5 Å². The molecule has 2 heterocycles. The van der Waals surface area contributed by atoms with Crippen LogP contribution in [0.3, 0.4) is 0 Å². The van der Waals surface area contributed by atoms with Crippen molar-refractivity contribution in [2.24, 2.45) is 10.7 Å². The quantitative estimate of drug-likeness (QED) is 0.159. The second-order valence-corrected chi connectivity index (χ2v) is 10.7. The zero-order valence-corrected chi connectivity index (χ0v) is 24.8. The van der Waals surface area contributed by atoms with E-state index in [2.05, 4.69) is 50.1 Å². The monoisotopic (exact) mass is 564 g/mol. The molecule has 222 valence electrons. The Labute approximate surface area is 243 Å². The van der Waals surface area contributed by atoms with Gasteiger partial charge in [-0.2, -0.15) is 0 Å². The van der Waals surface area contributed by atoms with Gasteiger partial charge in [-0.25, -0.2) is 0 Å². The summed E-state index contributed by atoms with van der Waals surface area (Å²) in [5.41, 5.74) is 8.83. The highest BCUT2D eigenvalue weighted by molar-refractivity contribution is 5.96. The number of aliphatic hydroxyl groups excluding tert-OH is 1. The molecular weight excluding hydrogens is 518 g/mol. The molecule has 41 heavy (non-hydrogen) atoms. The maximum absolute atomic E-state index is 13.2. The van der Waals surface area contributed by atoms with Crippen molar-refractivity contribution in [3.05, 3.63) is 71.7 Å². The largest absolute Gasteiger partial charge is 0.388 e. The van der Waals surface area contributed by atoms with Crippen molar-refractivity contribution in [3.63, 3.8) is 0 Å². The second-order valence-electron chi connectivity index (χ2n) is 10.7. The predicted octanol–water partition coefficient (Wildman–Crippen LogP) is 0.283. The molecule has 2 aliphatic heterocycles. The van der Waals surface area contributed by atoms with Crippen LogP contribution in [0.15, 0.2) is 60.0 Å². The van der Waals surface area contributed by atoms with Crippen LogP contribution in [0, 0.1) is 0 Å². The van der Waals surface area contributed by atoms with E-state index in [1.165, 1.54) is 18.2 Å². The van der Waals surface area contributed by atoms with E-state index < -0.39 is 17.7 Å². The van der Waals surface area contributed by atoms with Crippen molar-refractivity contribution in [1.82, 2.24) is 20.9 Å². The van der Waals surface area contributed by atoms with Gasteiger partial charge in [-0.15, -0.1) is 0 Å². The van der Waals surface area contributed by atoms with Crippen LogP contribution in [-0.2, 0) is 17.6 Å². The molecule has 1 aliphatic carbocycles. The molecule has 10 nitrogen and oxygen atoms in total. The fraction of sp³-hybridized carbons (Fsp3) is 0.484. The number of aryl methyl sites for hydroxylation is 1. The Hall–Kier alpha value is -3.92. The maximum Gasteiger partial charge on any atom is 0.268 e. The molecule has 4 atom stereocenters. The molecule has 3 aliphatic rings. The third-order valence-electron chi connectivity index (χ3n) is 8.18. The minimum atomic E-state index is -0.762. The summed E-state index contributed by atoms with van der Waals surface area (Å²) in [6.07, 6.45) is 9.28. The molecule has 1 aromatic rings. The maximum atomic E-state index is 13.2. The van der Waals surface area contributed by atoms with Crippen molar-refractivity contribution >= 4 is 23.9 Å². The Bertz CT molecular complexity index is 1240. The van der Waals surface area contributed by atoms with Gasteiger partial charge in [0, 0.05) is 31.8 Å². The first-order valence-corrected chi connectivity index (χ1v) is 14.3. The summed E-state index contributed by atoms with van der Waals surface area (Å²) < 4.78 is 0. The Balaban J connectivity index is 0.000000358. The SMILES string of the molecule is C=C(N=C/C=C\C)C(=O)NC.C=C1NCC([NH+]=C(N)CC)C2(C)C(O)C(NC(=O)c3cccc4c3CCCC4)CN12. The molecule has 0 saturated carbocycles. The standard InChI is InChI=1S/C23H33N5O2.C8H12N2O/c1-4-20(24)27-19-12-25-14(2)28-13-18(21(29)23(19,28)3)26-22(30)17-11-7-9-15-8-5-6-10-16(15)17;1-4-5-6-10-7(2)8(11)9-3/h7,9,11,18-19,21,25,29H,2,4-6,8,10,12-13H2,1,3H3,(H2,24,27)(H,26,30);4-6H,2H2,1,3H3,(H,9,11)/p+1/b;5-4-,10-6?. The fourth-order valence-corrected chi connectivity index (χ4v) is 5.69. The van der Waals surface area contributed by atoms with E-state index >= 15 is 0 Å². The smallest absolute Gasteiger partial charge is 0.268 e. The lowest BCUT2D eigenvalue weighted by Crippen LogP contribution is -2.92. The van der Waals surface area contributed by atoms with Crippen molar-refractivity contribution < 1.29 is 19.7 Å². The first kappa shape index (κ1) is 31.6. The molecular formula is C31H46N7O3+. The van der Waals surface area contributed by atoms with Crippen LogP contribution >= 0.6 is 0 Å². The number of rotatable bonds is 7. The molecule has 1 aromatic carbocycles. The van der Waals surface area contributed by atoms with Crippen LogP contribution in [-0.4, -0.2) is 77.7 Å². The Morgan fingerprint density at radius 3 is 2.76 bits per heavy atom. The zero-order chi connectivity index (χ0) is 30.2. The normalized spacial score (nSPS) is 25.6. The van der Waals surface area contributed by atoms with E-state index in [0.29, 0.717) is 25.3 Å². The average molecular weight is 565 g/mol. The summed E-state index contributed by atoms with van der Waals surface area (Å²) in [7, 11) is 1.54. The first-order chi connectivity index (χ1) is 19.6. The highest BCUT2D eigenvalue weighted by Crippen LogP contribution is 2.36. The van der Waals surface area contributed by atoms with E-state index in [1.54, 1.807) is 13.1 Å². The molecule has 0 radical (unpaired) electrons. The second kappa shape index (κ2) is 14.1. The van der Waals surface area contributed by atoms with Crippen molar-refractivity contribution in [2.75, 3.05) is 20.1 Å². The number of carbonyl (C=O) groups excluding carboxylic acids is 2. The van der Waals surface area contributed by atoms with Gasteiger partial charge in [0.05, 0.1) is 18.4 Å². The molecule has 2 fully saturated rings. The van der Waals surface area contributed by atoms with E-state index in [0.717, 1.165) is 36.2 Å². The number of allylic oxidation sites excluding steroid dienone is 2. The molecule has 4 unspecified atom stereocenters. The number of nitrogens with one attached hydrogen (secondary N) is 4. The number of benzene rings is 1. The average Bonchev–Trinajstić information content (AvgIpc) is 3.24. The minimum Gasteiger partial charge on any atom is -0.388 e. The van der Waals surface area contributed by atoms with Crippen LogP contribution in [0.25, 0.3) is 0 Å². The lowest BCUT2D eigenvalue weighted by Gasteiger charge is -2.46. The third kappa shape index (κ3) is 7.05. The molecule has 0 aromatic heterocycles. The first-order valence-electron chi connectivity index (χ1n) is 14.3. The number of nitrogens with zero attached hydrogens (tertiary/aromatic N) is 2. The summed E-state index contributed by atoms with van der Waals surface area (Å²) in [5.74, 6) is 1.08. The molecule has 7 N–H and O–H groups in total. The zero-order valence-electron chi connectivity index (χ0n) is 24.8. The molecule has 0 bridgehead atoms. The van der Waals surface area contributed by atoms with Gasteiger partial charge in [-0.05, 0) is 62.8 Å². The van der Waals surface area contributed by atoms with Gasteiger partial charge in [0.15, 0.2) is 0 Å². The van der Waals surface area contributed by atoms with Gasteiger partial charge >= 0.3 is 0 Å². The lowest BCUT2D eigenvalue weighted by molar-refractivity contribution is -0.525. The van der Waals surface area contributed by atoms with Gasteiger partial charge in [0.1, 0.15) is 23.4 Å². The summed E-state index contributed by atoms with van der Waals surface area (Å²) >= 11 is 0. The number of amides is 2. The number of likely N-dealkylation sites (N-methyl/N-ethyl adjacent to an activating group) is 1. The van der Waals surface area contributed by atoms with Gasteiger partial charge in [0.25, 0.3) is 11.8 Å². The fourth-order valence-electron chi connectivity index (χ4n) is 5.69. The van der Waals surface area contributed by atoms with E-state index in [1.807, 2.05) is 39.0 Å². The highest BCUT2D eigenvalue weighted by Gasteiger charge is 2.58. The molecule has 2 saturated heterocycles. The van der Waals surface area contributed by atoms with E-state index in [-0.39, 0.29) is 23.6 Å². The summed E-state index contributed by atoms with van der Waals surface area (Å²) in [4.78, 5) is 33.1. The van der Waals surface area contributed by atoms with Crippen LogP contribution in [0.2, 0.25) is 0 Å². The predicted molar refractivity (Wildman–Crippen MR) is 163 cm³/mol. The van der Waals surface area contributed by atoms with Crippen LogP contribution in [0.5, 0.6) is 0 Å². The van der Waals surface area contributed by atoms with Crippen molar-refractivity contribution in [3.8, 4) is 0 Å². The Morgan fingerprint density at radius 2 is 2.07 bits per heavy atom. The summed E-state index contributed by atoms with van der Waals surface area (Å²) in [5, 5.41) is 20.2. The number of hydrogen-bond acceptors (Lipinski definition) is 6. The molecule has 4 rings (SSSR count). The highest BCUT2D eigenvalue weighted by atomic mass is 16.3. The molecule has 2 amide bonds. The molecule has 0 spiro atoms. The van der Waals surface area contributed by atoms with Crippen LogP contribution in [0.4, 0.5) is 0 Å². The molecule has 10 heteroatoms. The topological polar surface area (TPSA) is 146 Å². The van der Waals surface area contributed by atoms with E-state index in [4.69, 9.17) is 5.73 Å². The van der Waals surface area contributed by atoms with Gasteiger partial charge in [0.2, 0.25) is 5.84 Å². The third-order valence-corrected chi connectivity index (χ3v) is 8.18. The Morgan fingerprint density at radius 1 is 1.34 bits per heavy atom. The van der Waals surface area contributed by atoms with Crippen molar-refractivity contribution in [1.29, 1.82) is 0 Å². The number of amidine groups is 1. The number of carbonyl (C=O) groups is 2. The summed E-state index contributed by atoms with van der Waals surface area (Å²) in [6, 6.07) is 5.48. The number of nitrogens with two attached hydrogens (primary N) is 1. The number of aliphatic hydroxyl groups is 1. The van der Waals surface area contributed by atoms with Gasteiger partial charge < -0.3 is 26.0 Å². The van der Waals surface area contributed by atoms with Crippen molar-refractivity contribution in [2.45, 2.75) is 76.6 Å². The summed E-state index contributed by atoms with van der Waals surface area (Å²) in [6.45, 7) is 14.6. The van der Waals surface area contributed by atoms with Gasteiger partial charge in [-0.1, -0.05) is 38.3 Å². The lowest BCUT2D eigenvalue weighted by atomic mass is 9.84. The number of aliphatic imine (C=N–C) groups is 1.